The van der Waals surface area contributed by atoms with Crippen molar-refractivity contribution in [2.24, 2.45) is 5.73 Å². The molecule has 0 fully saturated rings. The third-order valence-corrected chi connectivity index (χ3v) is 4.70. The number of rotatable bonds is 17. The summed E-state index contributed by atoms with van der Waals surface area (Å²) in [5, 5.41) is 19.1. The fraction of sp³-hybridized carbons (Fsp3) is 0.950. The van der Waals surface area contributed by atoms with Gasteiger partial charge in [0.25, 0.3) is 0 Å². The van der Waals surface area contributed by atoms with Crippen LogP contribution in [0.5, 0.6) is 0 Å². The monoisotopic (exact) mass is 387 g/mol. The molecule has 1 amide bonds. The maximum atomic E-state index is 12.2. The van der Waals surface area contributed by atoms with Crippen LogP contribution in [0.4, 0.5) is 0 Å². The van der Waals surface area contributed by atoms with Crippen LogP contribution in [0, 0.1) is 0 Å². The van der Waals surface area contributed by atoms with Crippen LogP contribution in [0.3, 0.4) is 0 Å². The highest BCUT2D eigenvalue weighted by atomic mass is 16.3. The summed E-state index contributed by atoms with van der Waals surface area (Å²) in [6.07, 6.45) is 4.53. The molecule has 7 heteroatoms. The number of nitrogens with one attached hydrogen (secondary N) is 3. The zero-order chi connectivity index (χ0) is 20.8. The van der Waals surface area contributed by atoms with E-state index < -0.39 is 0 Å². The molecule has 0 aliphatic carbocycles. The smallest absolute Gasteiger partial charge is 0.222 e. The van der Waals surface area contributed by atoms with Gasteiger partial charge in [-0.05, 0) is 60.0 Å². The van der Waals surface area contributed by atoms with Crippen molar-refractivity contribution < 1.29 is 9.90 Å². The molecule has 27 heavy (non-hydrogen) atoms. The van der Waals surface area contributed by atoms with Crippen LogP contribution >= 0.6 is 0 Å². The van der Waals surface area contributed by atoms with Gasteiger partial charge < -0.3 is 31.7 Å². The lowest BCUT2D eigenvalue weighted by molar-refractivity contribution is -0.130. The van der Waals surface area contributed by atoms with Gasteiger partial charge in [0, 0.05) is 50.7 Å². The largest absolute Gasteiger partial charge is 0.395 e. The Morgan fingerprint density at radius 2 is 1.63 bits per heavy atom. The Kier molecular flexibility index (Phi) is 13.9. The Labute approximate surface area is 166 Å². The van der Waals surface area contributed by atoms with Crippen LogP contribution in [-0.4, -0.2) is 79.9 Å². The standard InChI is InChI=1S/C20H45N5O2/c1-19(2,24-14-13-22-15-16-26)10-12-23-20(3,4)17-25(5)18(27)9-7-6-8-11-21/h22-24,26H,6-17,21H2,1-5H3. The van der Waals surface area contributed by atoms with Gasteiger partial charge >= 0.3 is 0 Å². The number of nitrogens with two attached hydrogens (primary N) is 1. The van der Waals surface area contributed by atoms with E-state index in [1.807, 2.05) is 11.9 Å². The molecule has 0 heterocycles. The topological polar surface area (TPSA) is 103 Å². The highest BCUT2D eigenvalue weighted by Crippen LogP contribution is 2.11. The Hall–Kier alpha value is -0.730. The molecule has 7 nitrogen and oxygen atoms in total. The molecular weight excluding hydrogens is 342 g/mol. The summed E-state index contributed by atoms with van der Waals surface area (Å²) >= 11 is 0. The van der Waals surface area contributed by atoms with E-state index in [1.54, 1.807) is 0 Å². The van der Waals surface area contributed by atoms with Gasteiger partial charge in [0.05, 0.1) is 6.61 Å². The molecular formula is C20H45N5O2. The van der Waals surface area contributed by atoms with Crippen LogP contribution in [0.15, 0.2) is 0 Å². The van der Waals surface area contributed by atoms with Crippen molar-refractivity contribution in [1.29, 1.82) is 0 Å². The molecule has 0 aliphatic rings. The van der Waals surface area contributed by atoms with Gasteiger partial charge in [-0.2, -0.15) is 0 Å². The third kappa shape index (κ3) is 14.9. The van der Waals surface area contributed by atoms with E-state index in [0.29, 0.717) is 26.1 Å². The summed E-state index contributed by atoms with van der Waals surface area (Å²) in [6, 6.07) is 0. The number of carbonyl (C=O) groups is 1. The van der Waals surface area contributed by atoms with Crippen molar-refractivity contribution >= 4 is 5.91 Å². The predicted molar refractivity (Wildman–Crippen MR) is 114 cm³/mol. The first-order chi connectivity index (χ1) is 12.6. The SMILES string of the molecule is CN(CC(C)(C)NCCC(C)(C)NCCNCCO)C(=O)CCCCCN. The van der Waals surface area contributed by atoms with Crippen LogP contribution in [0.1, 0.15) is 59.8 Å². The van der Waals surface area contributed by atoms with E-state index in [9.17, 15) is 4.79 Å². The van der Waals surface area contributed by atoms with Crippen LogP contribution < -0.4 is 21.7 Å². The third-order valence-electron chi connectivity index (χ3n) is 4.70. The minimum absolute atomic E-state index is 0.0364. The average molecular weight is 388 g/mol. The lowest BCUT2D eigenvalue weighted by Crippen LogP contribution is -2.52. The van der Waals surface area contributed by atoms with Crippen molar-refractivity contribution in [1.82, 2.24) is 20.9 Å². The second-order valence-electron chi connectivity index (χ2n) is 8.69. The Morgan fingerprint density at radius 3 is 2.26 bits per heavy atom. The minimum atomic E-state index is -0.125. The normalized spacial score (nSPS) is 12.4. The first-order valence-electron chi connectivity index (χ1n) is 10.4. The molecule has 0 bridgehead atoms. The molecule has 0 aromatic heterocycles. The molecule has 0 radical (unpaired) electrons. The molecule has 0 aromatic carbocycles. The molecule has 0 rings (SSSR count). The average Bonchev–Trinajstić information content (AvgIpc) is 2.57. The van der Waals surface area contributed by atoms with Crippen molar-refractivity contribution in [2.75, 3.05) is 52.9 Å². The molecule has 0 aromatic rings. The van der Waals surface area contributed by atoms with Gasteiger partial charge in [0.1, 0.15) is 0 Å². The van der Waals surface area contributed by atoms with E-state index in [0.717, 1.165) is 45.3 Å². The lowest BCUT2D eigenvalue weighted by Gasteiger charge is -2.34. The number of nitrogens with zero attached hydrogens (tertiary/aromatic N) is 1. The maximum Gasteiger partial charge on any atom is 0.222 e. The van der Waals surface area contributed by atoms with Crippen molar-refractivity contribution in [2.45, 2.75) is 70.9 Å². The number of aliphatic hydroxyl groups is 1. The van der Waals surface area contributed by atoms with Crippen molar-refractivity contribution in [3.8, 4) is 0 Å². The minimum Gasteiger partial charge on any atom is -0.395 e. The van der Waals surface area contributed by atoms with E-state index in [1.165, 1.54) is 0 Å². The first kappa shape index (κ1) is 26.3. The van der Waals surface area contributed by atoms with Gasteiger partial charge in [-0.25, -0.2) is 0 Å². The second kappa shape index (κ2) is 14.3. The van der Waals surface area contributed by atoms with Gasteiger partial charge in [-0.3, -0.25) is 4.79 Å². The summed E-state index contributed by atoms with van der Waals surface area (Å²) in [7, 11) is 1.89. The summed E-state index contributed by atoms with van der Waals surface area (Å²) in [5.74, 6) is 0.208. The lowest BCUT2D eigenvalue weighted by atomic mass is 9.98. The zero-order valence-electron chi connectivity index (χ0n) is 18.4. The summed E-state index contributed by atoms with van der Waals surface area (Å²) < 4.78 is 0. The fourth-order valence-corrected chi connectivity index (χ4v) is 3.02. The van der Waals surface area contributed by atoms with Gasteiger partial charge in [-0.1, -0.05) is 6.42 Å². The molecule has 0 spiro atoms. The van der Waals surface area contributed by atoms with Gasteiger partial charge in [-0.15, -0.1) is 0 Å². The molecule has 0 saturated heterocycles. The molecule has 162 valence electrons. The van der Waals surface area contributed by atoms with Gasteiger partial charge in [0.2, 0.25) is 5.91 Å². The van der Waals surface area contributed by atoms with Crippen molar-refractivity contribution in [3.05, 3.63) is 0 Å². The van der Waals surface area contributed by atoms with Gasteiger partial charge in [0.15, 0.2) is 0 Å². The Balaban J connectivity index is 4.07. The maximum absolute atomic E-state index is 12.2. The summed E-state index contributed by atoms with van der Waals surface area (Å²) in [6.45, 7) is 13.5. The number of likely N-dealkylation sites (N-methyl/N-ethyl adjacent to an activating group) is 1. The van der Waals surface area contributed by atoms with E-state index in [4.69, 9.17) is 10.8 Å². The summed E-state index contributed by atoms with van der Waals surface area (Å²) in [4.78, 5) is 14.1. The quantitative estimate of drug-likeness (QED) is 0.235. The number of hydrogen-bond acceptors (Lipinski definition) is 6. The Morgan fingerprint density at radius 1 is 0.963 bits per heavy atom. The second-order valence-corrected chi connectivity index (χ2v) is 8.69. The first-order valence-corrected chi connectivity index (χ1v) is 10.4. The van der Waals surface area contributed by atoms with Crippen molar-refractivity contribution in [3.63, 3.8) is 0 Å². The van der Waals surface area contributed by atoms with Crippen LogP contribution in [-0.2, 0) is 4.79 Å². The van der Waals surface area contributed by atoms with E-state index in [2.05, 4.69) is 43.6 Å². The Bertz CT molecular complexity index is 389. The highest BCUT2D eigenvalue weighted by molar-refractivity contribution is 5.75. The van der Waals surface area contributed by atoms with Crippen LogP contribution in [0.25, 0.3) is 0 Å². The summed E-state index contributed by atoms with van der Waals surface area (Å²) in [5.41, 5.74) is 5.40. The molecule has 0 atom stereocenters. The zero-order valence-corrected chi connectivity index (χ0v) is 18.4. The molecule has 0 aliphatic heterocycles. The van der Waals surface area contributed by atoms with E-state index in [-0.39, 0.29) is 23.6 Å². The number of aliphatic hydroxyl groups excluding tert-OH is 1. The molecule has 0 unspecified atom stereocenters. The van der Waals surface area contributed by atoms with E-state index >= 15 is 0 Å². The molecule has 6 N–H and O–H groups in total. The van der Waals surface area contributed by atoms with Crippen LogP contribution in [0.2, 0.25) is 0 Å². The number of unbranched alkanes of at least 4 members (excludes halogenated alkanes) is 2. The molecule has 0 saturated carbocycles. The number of hydrogen-bond donors (Lipinski definition) is 5. The predicted octanol–water partition coefficient (Wildman–Crippen LogP) is 0.672. The number of carbonyl (C=O) groups excluding carboxylic acids is 1. The number of amides is 1. The fourth-order valence-electron chi connectivity index (χ4n) is 3.02. The highest BCUT2D eigenvalue weighted by Gasteiger charge is 2.23.